The van der Waals surface area contributed by atoms with Crippen molar-refractivity contribution in [1.29, 1.82) is 0 Å². The Kier molecular flexibility index (Phi) is 6.61. The largest absolute Gasteiger partial charge is 0.361 e. The van der Waals surface area contributed by atoms with Crippen molar-refractivity contribution >= 4 is 28.5 Å². The number of amides is 2. The van der Waals surface area contributed by atoms with Gasteiger partial charge in [0.2, 0.25) is 5.91 Å². The Bertz CT molecular complexity index is 1790. The third-order valence-corrected chi connectivity index (χ3v) is 7.55. The quantitative estimate of drug-likeness (QED) is 0.279. The summed E-state index contributed by atoms with van der Waals surface area (Å²) in [6.07, 6.45) is 1.47. The molecule has 1 atom stereocenters. The summed E-state index contributed by atoms with van der Waals surface area (Å²) in [5.74, 6) is -1.15. The van der Waals surface area contributed by atoms with Crippen molar-refractivity contribution in [3.8, 4) is 16.8 Å². The predicted molar refractivity (Wildman–Crippen MR) is 150 cm³/mol. The van der Waals surface area contributed by atoms with Gasteiger partial charge in [-0.25, -0.2) is 13.8 Å². The monoisotopic (exact) mass is 555 g/mol. The van der Waals surface area contributed by atoms with Crippen LogP contribution >= 0.6 is 0 Å². The Morgan fingerprint density at radius 1 is 1.00 bits per heavy atom. The Morgan fingerprint density at radius 3 is 2.44 bits per heavy atom. The van der Waals surface area contributed by atoms with Crippen LogP contribution in [-0.2, 0) is 4.79 Å². The highest BCUT2D eigenvalue weighted by Crippen LogP contribution is 2.39. The molecule has 1 N–H and O–H groups in total. The summed E-state index contributed by atoms with van der Waals surface area (Å²) >= 11 is 0. The molecule has 5 aromatic rings. The zero-order valence-corrected chi connectivity index (χ0v) is 22.7. The number of aromatic nitrogens is 3. The van der Waals surface area contributed by atoms with E-state index in [-0.39, 0.29) is 23.9 Å². The van der Waals surface area contributed by atoms with Gasteiger partial charge in [-0.2, -0.15) is 0 Å². The maximum absolute atomic E-state index is 14.3. The molecule has 2 amide bonds. The van der Waals surface area contributed by atoms with E-state index in [4.69, 9.17) is 9.51 Å². The van der Waals surface area contributed by atoms with Crippen molar-refractivity contribution in [2.24, 2.45) is 0 Å². The van der Waals surface area contributed by atoms with Gasteiger partial charge in [-0.3, -0.25) is 14.2 Å². The highest BCUT2D eigenvalue weighted by atomic mass is 19.2. The van der Waals surface area contributed by atoms with Crippen molar-refractivity contribution in [2.45, 2.75) is 39.2 Å². The molecule has 0 spiro atoms. The first-order valence-electron chi connectivity index (χ1n) is 13.3. The van der Waals surface area contributed by atoms with Crippen molar-refractivity contribution in [1.82, 2.24) is 20.0 Å². The lowest BCUT2D eigenvalue weighted by Crippen LogP contribution is -2.39. The minimum atomic E-state index is -1.03. The fraction of sp³-hybridized carbons (Fsp3) is 0.226. The predicted octanol–water partition coefficient (Wildman–Crippen LogP) is 6.19. The Morgan fingerprint density at radius 2 is 1.76 bits per heavy atom. The van der Waals surface area contributed by atoms with Crippen LogP contribution in [0.2, 0.25) is 0 Å². The SMILES string of the molecule is CNC(=O)c1ccc(-n2c([C@@H]3CCCC(=O)N3c3ccc(F)c(F)c3)nc3cc(-c4c(C)noc4C)ccc32)cc1. The summed E-state index contributed by atoms with van der Waals surface area (Å²) in [6.45, 7) is 3.73. The van der Waals surface area contributed by atoms with E-state index in [0.29, 0.717) is 35.5 Å². The van der Waals surface area contributed by atoms with Crippen molar-refractivity contribution < 1.29 is 22.9 Å². The van der Waals surface area contributed by atoms with E-state index in [1.807, 2.05) is 48.7 Å². The van der Waals surface area contributed by atoms with Gasteiger partial charge in [0.15, 0.2) is 11.6 Å². The van der Waals surface area contributed by atoms with Crippen LogP contribution in [0.15, 0.2) is 65.2 Å². The van der Waals surface area contributed by atoms with Gasteiger partial charge >= 0.3 is 0 Å². The number of anilines is 1. The standard InChI is InChI=1S/C31H27F2N5O3/c1-17-29(18(2)41-36-17)20-9-14-26-25(15-20)35-30(38(26)21-10-7-19(8-11-21)31(40)34-3)27-5-4-6-28(39)37(27)22-12-13-23(32)24(33)16-22/h7-16,27H,4-6H2,1-3H3,(H,34,40)/t27-/m0/s1. The fourth-order valence-corrected chi connectivity index (χ4v) is 5.62. The van der Waals surface area contributed by atoms with Crippen LogP contribution in [0.5, 0.6) is 0 Å². The number of hydrogen-bond donors (Lipinski definition) is 1. The first kappa shape index (κ1) is 26.4. The average molecular weight is 556 g/mol. The molecule has 1 fully saturated rings. The first-order valence-corrected chi connectivity index (χ1v) is 13.3. The molecule has 0 aliphatic carbocycles. The normalized spacial score (nSPS) is 15.5. The van der Waals surface area contributed by atoms with Crippen LogP contribution < -0.4 is 10.2 Å². The van der Waals surface area contributed by atoms with E-state index < -0.39 is 17.7 Å². The topological polar surface area (TPSA) is 93.3 Å². The number of halogens is 2. The Labute approximate surface area is 234 Å². The minimum absolute atomic E-state index is 0.197. The van der Waals surface area contributed by atoms with E-state index in [1.165, 1.54) is 11.0 Å². The molecule has 3 aromatic carbocycles. The lowest BCUT2D eigenvalue weighted by molar-refractivity contribution is -0.120. The molecule has 0 bridgehead atoms. The van der Waals surface area contributed by atoms with Gasteiger partial charge in [0.25, 0.3) is 5.91 Å². The summed E-state index contributed by atoms with van der Waals surface area (Å²) in [7, 11) is 1.57. The summed E-state index contributed by atoms with van der Waals surface area (Å²) in [6, 6.07) is 15.9. The Balaban J connectivity index is 1.56. The van der Waals surface area contributed by atoms with Crippen molar-refractivity contribution in [3.05, 3.63) is 95.1 Å². The van der Waals surface area contributed by atoms with E-state index in [2.05, 4.69) is 10.5 Å². The van der Waals surface area contributed by atoms with Crippen LogP contribution in [-0.4, -0.2) is 33.6 Å². The molecule has 41 heavy (non-hydrogen) atoms. The van der Waals surface area contributed by atoms with Crippen LogP contribution in [0.3, 0.4) is 0 Å². The van der Waals surface area contributed by atoms with Gasteiger partial charge in [0.1, 0.15) is 11.6 Å². The van der Waals surface area contributed by atoms with Gasteiger partial charge in [-0.1, -0.05) is 11.2 Å². The minimum Gasteiger partial charge on any atom is -0.361 e. The third kappa shape index (κ3) is 4.55. The van der Waals surface area contributed by atoms with E-state index >= 15 is 0 Å². The smallest absolute Gasteiger partial charge is 0.251 e. The second-order valence-corrected chi connectivity index (χ2v) is 10.1. The summed E-state index contributed by atoms with van der Waals surface area (Å²) < 4.78 is 35.4. The maximum atomic E-state index is 14.3. The van der Waals surface area contributed by atoms with Gasteiger partial charge < -0.3 is 14.7 Å². The number of carbonyl (C=O) groups excluding carboxylic acids is 2. The number of nitrogens with zero attached hydrogens (tertiary/aromatic N) is 4. The molecule has 0 radical (unpaired) electrons. The van der Waals surface area contributed by atoms with Crippen LogP contribution in [0.25, 0.3) is 27.8 Å². The maximum Gasteiger partial charge on any atom is 0.251 e. The second-order valence-electron chi connectivity index (χ2n) is 10.1. The number of rotatable bonds is 5. The molecule has 1 aliphatic rings. The molecule has 2 aromatic heterocycles. The molecule has 8 nitrogen and oxygen atoms in total. The van der Waals surface area contributed by atoms with Crippen molar-refractivity contribution in [3.63, 3.8) is 0 Å². The number of carbonyl (C=O) groups is 2. The lowest BCUT2D eigenvalue weighted by atomic mass is 9.99. The molecular weight excluding hydrogens is 528 g/mol. The highest BCUT2D eigenvalue weighted by Gasteiger charge is 2.35. The molecule has 0 saturated carbocycles. The molecule has 208 valence electrons. The van der Waals surface area contributed by atoms with E-state index in [9.17, 15) is 18.4 Å². The molecule has 1 saturated heterocycles. The fourth-order valence-electron chi connectivity index (χ4n) is 5.62. The van der Waals surface area contributed by atoms with Crippen molar-refractivity contribution in [2.75, 3.05) is 11.9 Å². The number of benzene rings is 3. The summed E-state index contributed by atoms with van der Waals surface area (Å²) in [5, 5.41) is 6.70. The summed E-state index contributed by atoms with van der Waals surface area (Å²) in [5.41, 5.74) is 5.49. The number of aryl methyl sites for hydroxylation is 2. The second kappa shape index (κ2) is 10.3. The zero-order chi connectivity index (χ0) is 28.8. The third-order valence-electron chi connectivity index (χ3n) is 7.55. The highest BCUT2D eigenvalue weighted by molar-refractivity contribution is 5.96. The number of hydrogen-bond acceptors (Lipinski definition) is 5. The molecular formula is C31H27F2N5O3. The zero-order valence-electron chi connectivity index (χ0n) is 22.7. The lowest BCUT2D eigenvalue weighted by Gasteiger charge is -2.35. The van der Waals surface area contributed by atoms with Gasteiger partial charge in [-0.15, -0.1) is 0 Å². The molecule has 3 heterocycles. The van der Waals surface area contributed by atoms with Crippen LogP contribution in [0.1, 0.15) is 52.9 Å². The molecule has 6 rings (SSSR count). The van der Waals surface area contributed by atoms with E-state index in [1.54, 1.807) is 19.2 Å². The van der Waals surface area contributed by atoms with Gasteiger partial charge in [-0.05, 0) is 80.8 Å². The van der Waals surface area contributed by atoms with Gasteiger partial charge in [0, 0.05) is 42.0 Å². The van der Waals surface area contributed by atoms with Crippen LogP contribution in [0, 0.1) is 25.5 Å². The van der Waals surface area contributed by atoms with E-state index in [0.717, 1.165) is 40.2 Å². The average Bonchev–Trinajstić information content (AvgIpc) is 3.52. The molecule has 1 aliphatic heterocycles. The number of piperidine rings is 1. The molecule has 10 heteroatoms. The summed E-state index contributed by atoms with van der Waals surface area (Å²) in [4.78, 5) is 32.0. The van der Waals surface area contributed by atoms with Crippen LogP contribution in [0.4, 0.5) is 14.5 Å². The molecule has 0 unspecified atom stereocenters. The Hall–Kier alpha value is -4.86. The first-order chi connectivity index (χ1) is 19.8. The number of imidazole rings is 1. The number of nitrogens with one attached hydrogen (secondary N) is 1. The number of fused-ring (bicyclic) bond motifs is 1. The van der Waals surface area contributed by atoms with Gasteiger partial charge in [0.05, 0.1) is 22.8 Å².